The van der Waals surface area contributed by atoms with Gasteiger partial charge in [0.25, 0.3) is 5.91 Å². The van der Waals surface area contributed by atoms with Crippen molar-refractivity contribution in [3.63, 3.8) is 0 Å². The molecule has 0 radical (unpaired) electrons. The van der Waals surface area contributed by atoms with Crippen molar-refractivity contribution >= 4 is 11.7 Å². The SMILES string of the molecule is Cc1cc(F)cc(C(=O)NC/C(N)=N/O)c1. The van der Waals surface area contributed by atoms with E-state index in [0.717, 1.165) is 6.07 Å². The van der Waals surface area contributed by atoms with Crippen molar-refractivity contribution in [2.45, 2.75) is 6.92 Å². The summed E-state index contributed by atoms with van der Waals surface area (Å²) < 4.78 is 13.0. The van der Waals surface area contributed by atoms with E-state index in [4.69, 9.17) is 10.9 Å². The zero-order chi connectivity index (χ0) is 12.1. The topological polar surface area (TPSA) is 87.7 Å². The van der Waals surface area contributed by atoms with E-state index < -0.39 is 11.7 Å². The van der Waals surface area contributed by atoms with E-state index >= 15 is 0 Å². The number of nitrogens with one attached hydrogen (secondary N) is 1. The quantitative estimate of drug-likeness (QED) is 0.305. The van der Waals surface area contributed by atoms with Gasteiger partial charge in [0.2, 0.25) is 0 Å². The van der Waals surface area contributed by atoms with Crippen molar-refractivity contribution in [3.8, 4) is 0 Å². The van der Waals surface area contributed by atoms with Crippen molar-refractivity contribution in [2.75, 3.05) is 6.54 Å². The normalized spacial score (nSPS) is 11.2. The Bertz CT molecular complexity index is 412. The summed E-state index contributed by atoms with van der Waals surface area (Å²) in [5.74, 6) is -1.08. The molecule has 1 amide bonds. The van der Waals surface area contributed by atoms with E-state index in [1.807, 2.05) is 0 Å². The molecule has 0 saturated carbocycles. The smallest absolute Gasteiger partial charge is 0.251 e. The number of benzene rings is 1. The highest BCUT2D eigenvalue weighted by Gasteiger charge is 2.07. The number of hydrogen-bond acceptors (Lipinski definition) is 3. The zero-order valence-electron chi connectivity index (χ0n) is 8.70. The fourth-order valence-electron chi connectivity index (χ4n) is 1.18. The van der Waals surface area contributed by atoms with Gasteiger partial charge in [-0.1, -0.05) is 5.16 Å². The summed E-state index contributed by atoms with van der Waals surface area (Å²) in [5, 5.41) is 13.3. The molecule has 0 fully saturated rings. The van der Waals surface area contributed by atoms with Crippen LogP contribution in [0.25, 0.3) is 0 Å². The van der Waals surface area contributed by atoms with E-state index in [0.29, 0.717) is 5.56 Å². The number of nitrogens with two attached hydrogens (primary N) is 1. The van der Waals surface area contributed by atoms with E-state index in [9.17, 15) is 9.18 Å². The lowest BCUT2D eigenvalue weighted by molar-refractivity contribution is 0.0958. The molecular formula is C10H12FN3O2. The maximum Gasteiger partial charge on any atom is 0.251 e. The summed E-state index contributed by atoms with van der Waals surface area (Å²) in [5.41, 5.74) is 6.01. The lowest BCUT2D eigenvalue weighted by Crippen LogP contribution is -2.33. The van der Waals surface area contributed by atoms with Gasteiger partial charge < -0.3 is 16.3 Å². The molecule has 1 aromatic carbocycles. The third-order valence-electron chi connectivity index (χ3n) is 1.86. The van der Waals surface area contributed by atoms with Crippen molar-refractivity contribution < 1.29 is 14.4 Å². The largest absolute Gasteiger partial charge is 0.409 e. The van der Waals surface area contributed by atoms with Crippen LogP contribution in [0.1, 0.15) is 15.9 Å². The van der Waals surface area contributed by atoms with Crippen LogP contribution in [0, 0.1) is 12.7 Å². The molecule has 0 atom stereocenters. The molecule has 0 aliphatic rings. The van der Waals surface area contributed by atoms with Crippen LogP contribution in [0.5, 0.6) is 0 Å². The molecule has 16 heavy (non-hydrogen) atoms. The van der Waals surface area contributed by atoms with Gasteiger partial charge in [-0.3, -0.25) is 4.79 Å². The zero-order valence-corrected chi connectivity index (χ0v) is 8.70. The Morgan fingerprint density at radius 2 is 2.25 bits per heavy atom. The summed E-state index contributed by atoms with van der Waals surface area (Å²) in [6.45, 7) is 1.59. The molecule has 1 rings (SSSR count). The summed E-state index contributed by atoms with van der Waals surface area (Å²) in [7, 11) is 0. The molecule has 0 saturated heterocycles. The Hall–Kier alpha value is -2.11. The highest BCUT2D eigenvalue weighted by molar-refractivity contribution is 5.97. The molecule has 86 valence electrons. The number of amides is 1. The van der Waals surface area contributed by atoms with Gasteiger partial charge in [-0.25, -0.2) is 4.39 Å². The van der Waals surface area contributed by atoms with E-state index in [1.165, 1.54) is 6.07 Å². The number of nitrogens with zero attached hydrogens (tertiary/aromatic N) is 1. The van der Waals surface area contributed by atoms with Crippen LogP contribution in [0.4, 0.5) is 4.39 Å². The first-order valence-electron chi connectivity index (χ1n) is 4.54. The Morgan fingerprint density at radius 3 is 2.81 bits per heavy atom. The molecule has 0 heterocycles. The minimum atomic E-state index is -0.478. The van der Waals surface area contributed by atoms with Crippen LogP contribution in [0.3, 0.4) is 0 Å². The number of oxime groups is 1. The van der Waals surface area contributed by atoms with Gasteiger partial charge >= 0.3 is 0 Å². The summed E-state index contributed by atoms with van der Waals surface area (Å²) in [6, 6.07) is 3.99. The number of hydrogen-bond donors (Lipinski definition) is 3. The minimum absolute atomic E-state index is 0.0924. The van der Waals surface area contributed by atoms with Gasteiger partial charge in [0.1, 0.15) is 5.82 Å². The maximum absolute atomic E-state index is 13.0. The minimum Gasteiger partial charge on any atom is -0.409 e. The van der Waals surface area contributed by atoms with Crippen molar-refractivity contribution in [1.82, 2.24) is 5.32 Å². The van der Waals surface area contributed by atoms with Crippen LogP contribution in [-0.4, -0.2) is 23.5 Å². The van der Waals surface area contributed by atoms with Crippen molar-refractivity contribution in [1.29, 1.82) is 0 Å². The van der Waals surface area contributed by atoms with E-state index in [2.05, 4.69) is 10.5 Å². The molecule has 0 aromatic heterocycles. The molecule has 6 heteroatoms. The molecule has 0 spiro atoms. The van der Waals surface area contributed by atoms with Gasteiger partial charge in [-0.05, 0) is 30.7 Å². The number of halogens is 1. The third kappa shape index (κ3) is 3.23. The molecule has 1 aromatic rings. The Kier molecular flexibility index (Phi) is 3.82. The van der Waals surface area contributed by atoms with Crippen LogP contribution < -0.4 is 11.1 Å². The molecular weight excluding hydrogens is 213 g/mol. The third-order valence-corrected chi connectivity index (χ3v) is 1.86. The standard InChI is InChI=1S/C10H12FN3O2/c1-6-2-7(4-8(11)3-6)10(15)13-5-9(12)14-16/h2-4,16H,5H2,1H3,(H2,12,14)(H,13,15). The Morgan fingerprint density at radius 1 is 1.56 bits per heavy atom. The van der Waals surface area contributed by atoms with Gasteiger partial charge in [0.15, 0.2) is 5.84 Å². The maximum atomic E-state index is 13.0. The second-order valence-corrected chi connectivity index (χ2v) is 3.29. The summed E-state index contributed by atoms with van der Waals surface area (Å²) >= 11 is 0. The van der Waals surface area contributed by atoms with Crippen molar-refractivity contribution in [3.05, 3.63) is 35.1 Å². The summed E-state index contributed by atoms with van der Waals surface area (Å²) in [4.78, 5) is 11.5. The lowest BCUT2D eigenvalue weighted by atomic mass is 10.1. The first-order valence-corrected chi connectivity index (χ1v) is 4.54. The molecule has 4 N–H and O–H groups in total. The number of carbonyl (C=O) groups excluding carboxylic acids is 1. The average Bonchev–Trinajstić information content (AvgIpc) is 2.23. The number of carbonyl (C=O) groups is 1. The fraction of sp³-hybridized carbons (Fsp3) is 0.200. The number of aryl methyl sites for hydroxylation is 1. The predicted molar refractivity (Wildman–Crippen MR) is 56.9 cm³/mol. The Balaban J connectivity index is 2.73. The van der Waals surface area contributed by atoms with Crippen molar-refractivity contribution in [2.24, 2.45) is 10.9 Å². The summed E-state index contributed by atoms with van der Waals surface area (Å²) in [6.07, 6.45) is 0. The average molecular weight is 225 g/mol. The number of rotatable bonds is 3. The second kappa shape index (κ2) is 5.11. The van der Waals surface area contributed by atoms with E-state index in [-0.39, 0.29) is 17.9 Å². The fourth-order valence-corrected chi connectivity index (χ4v) is 1.18. The van der Waals surface area contributed by atoms with Crippen LogP contribution in [-0.2, 0) is 0 Å². The highest BCUT2D eigenvalue weighted by Crippen LogP contribution is 2.07. The van der Waals surface area contributed by atoms with Gasteiger partial charge in [0.05, 0.1) is 6.54 Å². The second-order valence-electron chi connectivity index (χ2n) is 3.29. The highest BCUT2D eigenvalue weighted by atomic mass is 19.1. The molecule has 0 aliphatic carbocycles. The first-order chi connectivity index (χ1) is 7.52. The van der Waals surface area contributed by atoms with Crippen LogP contribution in [0.2, 0.25) is 0 Å². The van der Waals surface area contributed by atoms with E-state index in [1.54, 1.807) is 13.0 Å². The predicted octanol–water partition coefficient (Wildman–Crippen LogP) is 0.610. The number of amidine groups is 1. The van der Waals surface area contributed by atoms with Gasteiger partial charge in [-0.15, -0.1) is 0 Å². The first kappa shape index (κ1) is 12.0. The lowest BCUT2D eigenvalue weighted by Gasteiger charge is -2.05. The van der Waals surface area contributed by atoms with Gasteiger partial charge in [0, 0.05) is 5.56 Å². The van der Waals surface area contributed by atoms with Crippen LogP contribution >= 0.6 is 0 Å². The molecule has 0 aliphatic heterocycles. The Labute approximate surface area is 91.8 Å². The molecule has 0 unspecified atom stereocenters. The van der Waals surface area contributed by atoms with Gasteiger partial charge in [-0.2, -0.15) is 0 Å². The molecule has 5 nitrogen and oxygen atoms in total. The monoisotopic (exact) mass is 225 g/mol. The van der Waals surface area contributed by atoms with Crippen LogP contribution in [0.15, 0.2) is 23.4 Å². The molecule has 0 bridgehead atoms.